The van der Waals surface area contributed by atoms with E-state index in [2.05, 4.69) is 63.5 Å². The first-order chi connectivity index (χ1) is 18.1. The average molecular weight is 513 g/mol. The van der Waals surface area contributed by atoms with Gasteiger partial charge in [-0.2, -0.15) is 10.2 Å². The third-order valence-electron chi connectivity index (χ3n) is 6.79. The Morgan fingerprint density at radius 2 is 1.82 bits per heavy atom. The molecule has 3 heterocycles. The number of rotatable bonds is 5. The van der Waals surface area contributed by atoms with Crippen LogP contribution in [0.1, 0.15) is 43.2 Å². The zero-order valence-corrected chi connectivity index (χ0v) is 22.9. The molecule has 0 spiro atoms. The van der Waals surface area contributed by atoms with Crippen LogP contribution in [0.5, 0.6) is 0 Å². The summed E-state index contributed by atoms with van der Waals surface area (Å²) in [7, 11) is 1.91. The molecule has 8 nitrogen and oxygen atoms in total. The number of carbonyl (C=O) groups is 1. The molecule has 0 bridgehead atoms. The summed E-state index contributed by atoms with van der Waals surface area (Å²) >= 11 is 0. The van der Waals surface area contributed by atoms with Crippen LogP contribution >= 0.6 is 0 Å². The summed E-state index contributed by atoms with van der Waals surface area (Å²) in [6, 6.07) is 13.2. The molecule has 8 heteroatoms. The molecule has 0 radical (unpaired) electrons. The second kappa shape index (κ2) is 10.5. The SMILES string of the molecule is Cc1cc2[nH]nc(/C=C/c3cnn(C)c3)c2cc1-c1ccc(CN2CCN(C(=O)OC(C)(C)C)CC2)cc1. The molecule has 198 valence electrons. The molecule has 38 heavy (non-hydrogen) atoms. The van der Waals surface area contributed by atoms with E-state index < -0.39 is 5.60 Å². The maximum Gasteiger partial charge on any atom is 0.410 e. The van der Waals surface area contributed by atoms with Gasteiger partial charge in [-0.1, -0.05) is 24.3 Å². The number of nitrogens with zero attached hydrogens (tertiary/aromatic N) is 5. The fourth-order valence-electron chi connectivity index (χ4n) is 4.80. The fourth-order valence-corrected chi connectivity index (χ4v) is 4.80. The van der Waals surface area contributed by atoms with Crippen molar-refractivity contribution in [2.75, 3.05) is 26.2 Å². The van der Waals surface area contributed by atoms with Gasteiger partial charge >= 0.3 is 6.09 Å². The number of aromatic nitrogens is 4. The van der Waals surface area contributed by atoms with Crippen molar-refractivity contribution in [3.05, 3.63) is 71.2 Å². The van der Waals surface area contributed by atoms with Crippen molar-refractivity contribution >= 4 is 29.1 Å². The summed E-state index contributed by atoms with van der Waals surface area (Å²) in [6.07, 6.45) is 7.65. The van der Waals surface area contributed by atoms with E-state index in [0.29, 0.717) is 13.1 Å². The minimum Gasteiger partial charge on any atom is -0.444 e. The number of hydrogen-bond acceptors (Lipinski definition) is 5. The van der Waals surface area contributed by atoms with Crippen molar-refractivity contribution in [2.45, 2.75) is 39.8 Å². The number of benzene rings is 2. The van der Waals surface area contributed by atoms with E-state index in [4.69, 9.17) is 4.74 Å². The maximum absolute atomic E-state index is 12.3. The lowest BCUT2D eigenvalue weighted by Gasteiger charge is -2.35. The second-order valence-electron chi connectivity index (χ2n) is 11.0. The van der Waals surface area contributed by atoms with Gasteiger partial charge in [-0.3, -0.25) is 14.7 Å². The Hall–Kier alpha value is -3.91. The lowest BCUT2D eigenvalue weighted by Crippen LogP contribution is -2.49. The average Bonchev–Trinajstić information content (AvgIpc) is 3.47. The van der Waals surface area contributed by atoms with Gasteiger partial charge in [-0.05, 0) is 74.2 Å². The zero-order valence-electron chi connectivity index (χ0n) is 22.9. The first-order valence-electron chi connectivity index (χ1n) is 13.1. The largest absolute Gasteiger partial charge is 0.444 e. The molecule has 1 aliphatic rings. The minimum absolute atomic E-state index is 0.220. The first kappa shape index (κ1) is 25.7. The Balaban J connectivity index is 1.25. The lowest BCUT2D eigenvalue weighted by molar-refractivity contribution is 0.0139. The summed E-state index contributed by atoms with van der Waals surface area (Å²) in [5.41, 5.74) is 7.37. The van der Waals surface area contributed by atoms with E-state index in [1.54, 1.807) is 9.58 Å². The number of H-pyrrole nitrogens is 1. The third kappa shape index (κ3) is 5.97. The van der Waals surface area contributed by atoms with E-state index in [0.717, 1.165) is 41.8 Å². The van der Waals surface area contributed by atoms with Crippen LogP contribution in [0.4, 0.5) is 4.79 Å². The topological polar surface area (TPSA) is 79.3 Å². The Bertz CT molecular complexity index is 1450. The van der Waals surface area contributed by atoms with Crippen molar-refractivity contribution in [3.8, 4) is 11.1 Å². The number of amides is 1. The summed E-state index contributed by atoms with van der Waals surface area (Å²) in [6.45, 7) is 11.8. The fraction of sp³-hybridized carbons (Fsp3) is 0.367. The highest BCUT2D eigenvalue weighted by Crippen LogP contribution is 2.30. The van der Waals surface area contributed by atoms with E-state index in [1.807, 2.05) is 52.4 Å². The van der Waals surface area contributed by atoms with Gasteiger partial charge in [0.2, 0.25) is 0 Å². The molecule has 1 N–H and O–H groups in total. The van der Waals surface area contributed by atoms with Crippen LogP contribution in [-0.4, -0.2) is 67.7 Å². The van der Waals surface area contributed by atoms with Crippen molar-refractivity contribution < 1.29 is 9.53 Å². The maximum atomic E-state index is 12.3. The van der Waals surface area contributed by atoms with Crippen LogP contribution in [0.25, 0.3) is 34.2 Å². The lowest BCUT2D eigenvalue weighted by atomic mass is 9.97. The van der Waals surface area contributed by atoms with Gasteiger partial charge in [0.05, 0.1) is 17.4 Å². The number of fused-ring (bicyclic) bond motifs is 1. The van der Waals surface area contributed by atoms with Crippen molar-refractivity contribution in [3.63, 3.8) is 0 Å². The van der Waals surface area contributed by atoms with Crippen LogP contribution in [0.3, 0.4) is 0 Å². The monoisotopic (exact) mass is 512 g/mol. The van der Waals surface area contributed by atoms with E-state index in [-0.39, 0.29) is 6.09 Å². The smallest absolute Gasteiger partial charge is 0.410 e. The number of aromatic amines is 1. The molecule has 0 atom stereocenters. The standard InChI is InChI=1S/C30H36N6O2/c1-21-16-28-26(27(32-33-28)11-8-23-18-31-34(5)19-23)17-25(21)24-9-6-22(7-10-24)20-35-12-14-36(15-13-35)29(37)38-30(2,3)4/h6-11,16-19H,12-15,20H2,1-5H3,(H,32,33)/b11-8+. The summed E-state index contributed by atoms with van der Waals surface area (Å²) in [4.78, 5) is 16.5. The van der Waals surface area contributed by atoms with Gasteiger partial charge in [0.25, 0.3) is 0 Å². The summed E-state index contributed by atoms with van der Waals surface area (Å²) in [5, 5.41) is 13.0. The molecule has 2 aromatic heterocycles. The van der Waals surface area contributed by atoms with Gasteiger partial charge in [0.15, 0.2) is 0 Å². The predicted molar refractivity (Wildman–Crippen MR) is 151 cm³/mol. The molecule has 0 unspecified atom stereocenters. The van der Waals surface area contributed by atoms with E-state index in [9.17, 15) is 4.79 Å². The number of piperazine rings is 1. The van der Waals surface area contributed by atoms with Crippen molar-refractivity contribution in [2.24, 2.45) is 7.05 Å². The molecule has 2 aromatic carbocycles. The molecule has 0 aliphatic carbocycles. The molecular weight excluding hydrogens is 476 g/mol. The molecule has 5 rings (SSSR count). The Kier molecular flexibility index (Phi) is 7.08. The molecule has 1 amide bonds. The number of aryl methyl sites for hydroxylation is 2. The van der Waals surface area contributed by atoms with Gasteiger partial charge in [-0.15, -0.1) is 0 Å². The van der Waals surface area contributed by atoms with Crippen molar-refractivity contribution in [1.29, 1.82) is 0 Å². The Labute approximate surface area is 223 Å². The molecular formula is C30H36N6O2. The van der Waals surface area contributed by atoms with Crippen LogP contribution in [0, 0.1) is 6.92 Å². The summed E-state index contributed by atoms with van der Waals surface area (Å²) in [5.74, 6) is 0. The zero-order chi connectivity index (χ0) is 26.9. The van der Waals surface area contributed by atoms with E-state index in [1.165, 1.54) is 22.3 Å². The van der Waals surface area contributed by atoms with Crippen LogP contribution in [0.2, 0.25) is 0 Å². The quantitative estimate of drug-likeness (QED) is 0.382. The Morgan fingerprint density at radius 3 is 2.47 bits per heavy atom. The van der Waals surface area contributed by atoms with Gasteiger partial charge in [0, 0.05) is 56.9 Å². The van der Waals surface area contributed by atoms with Crippen molar-refractivity contribution in [1.82, 2.24) is 29.8 Å². The number of carbonyl (C=O) groups excluding carboxylic acids is 1. The Morgan fingerprint density at radius 1 is 1.08 bits per heavy atom. The molecule has 1 aliphatic heterocycles. The summed E-state index contributed by atoms with van der Waals surface area (Å²) < 4.78 is 7.30. The van der Waals surface area contributed by atoms with E-state index >= 15 is 0 Å². The minimum atomic E-state index is -0.464. The highest BCUT2D eigenvalue weighted by Gasteiger charge is 2.25. The first-order valence-corrected chi connectivity index (χ1v) is 13.1. The third-order valence-corrected chi connectivity index (χ3v) is 6.79. The molecule has 1 saturated heterocycles. The number of ether oxygens (including phenoxy) is 1. The number of nitrogens with one attached hydrogen (secondary N) is 1. The molecule has 0 saturated carbocycles. The second-order valence-corrected chi connectivity index (χ2v) is 11.0. The van der Waals surface area contributed by atoms with Gasteiger partial charge in [-0.25, -0.2) is 4.79 Å². The highest BCUT2D eigenvalue weighted by molar-refractivity contribution is 5.93. The van der Waals surface area contributed by atoms with Gasteiger partial charge < -0.3 is 9.64 Å². The number of hydrogen-bond donors (Lipinski definition) is 1. The molecule has 1 fully saturated rings. The van der Waals surface area contributed by atoms with Crippen LogP contribution in [-0.2, 0) is 18.3 Å². The van der Waals surface area contributed by atoms with Crippen LogP contribution in [0.15, 0.2) is 48.8 Å². The van der Waals surface area contributed by atoms with Gasteiger partial charge in [0.1, 0.15) is 5.60 Å². The van der Waals surface area contributed by atoms with Crippen LogP contribution < -0.4 is 0 Å². The molecule has 4 aromatic rings. The normalized spacial score (nSPS) is 15.0. The highest BCUT2D eigenvalue weighted by atomic mass is 16.6. The predicted octanol–water partition coefficient (Wildman–Crippen LogP) is 5.49.